The van der Waals surface area contributed by atoms with Crippen molar-refractivity contribution in [3.8, 4) is 0 Å². The van der Waals surface area contributed by atoms with Crippen LogP contribution in [-0.2, 0) is 9.59 Å². The van der Waals surface area contributed by atoms with Crippen molar-refractivity contribution in [3.63, 3.8) is 0 Å². The summed E-state index contributed by atoms with van der Waals surface area (Å²) in [5.41, 5.74) is 1.54. The summed E-state index contributed by atoms with van der Waals surface area (Å²) in [6, 6.07) is 5.36. The van der Waals surface area contributed by atoms with Gasteiger partial charge in [-0.3, -0.25) is 9.59 Å². The third-order valence-electron chi connectivity index (χ3n) is 4.88. The highest BCUT2D eigenvalue weighted by molar-refractivity contribution is 6.32. The van der Waals surface area contributed by atoms with Crippen LogP contribution >= 0.6 is 11.6 Å². The molecule has 2 bridgehead atoms. The minimum Gasteiger partial charge on any atom is -0.274 e. The van der Waals surface area contributed by atoms with Gasteiger partial charge in [-0.05, 0) is 42.9 Å². The van der Waals surface area contributed by atoms with Crippen LogP contribution in [0.5, 0.6) is 0 Å². The van der Waals surface area contributed by atoms with Crippen molar-refractivity contribution in [2.45, 2.75) is 13.3 Å². The molecule has 0 aromatic heterocycles. The average molecular weight is 288 g/mol. The second-order valence-electron chi connectivity index (χ2n) is 5.95. The predicted octanol–water partition coefficient (Wildman–Crippen LogP) is 2.96. The molecule has 2 amide bonds. The third-order valence-corrected chi connectivity index (χ3v) is 5.29. The molecule has 0 spiro atoms. The van der Waals surface area contributed by atoms with Gasteiger partial charge in [0, 0.05) is 5.02 Å². The van der Waals surface area contributed by atoms with Crippen molar-refractivity contribution in [2.24, 2.45) is 23.7 Å². The van der Waals surface area contributed by atoms with Gasteiger partial charge in [-0.25, -0.2) is 4.90 Å². The molecule has 2 aliphatic carbocycles. The molecule has 1 heterocycles. The zero-order chi connectivity index (χ0) is 14.0. The molecule has 1 saturated carbocycles. The fourth-order valence-corrected chi connectivity index (χ4v) is 4.05. The molecule has 20 heavy (non-hydrogen) atoms. The first-order valence-electron chi connectivity index (χ1n) is 6.90. The van der Waals surface area contributed by atoms with Gasteiger partial charge in [-0.15, -0.1) is 0 Å². The zero-order valence-corrected chi connectivity index (χ0v) is 11.8. The molecule has 4 heteroatoms. The molecule has 1 saturated heterocycles. The van der Waals surface area contributed by atoms with Gasteiger partial charge in [0.15, 0.2) is 0 Å². The monoisotopic (exact) mass is 287 g/mol. The summed E-state index contributed by atoms with van der Waals surface area (Å²) >= 11 is 6.12. The smallest absolute Gasteiger partial charge is 0.238 e. The SMILES string of the molecule is Cc1ccc(N2C(=O)[C@@H]3[C@H](C2=O)[C@H]2C=C[C@H]3C2)cc1Cl. The number of fused-ring (bicyclic) bond motifs is 5. The summed E-state index contributed by atoms with van der Waals surface area (Å²) in [4.78, 5) is 26.6. The van der Waals surface area contributed by atoms with E-state index in [-0.39, 0.29) is 35.5 Å². The molecule has 1 aromatic carbocycles. The Bertz CT molecular complexity index is 636. The second kappa shape index (κ2) is 3.95. The quantitative estimate of drug-likeness (QED) is 0.588. The van der Waals surface area contributed by atoms with Crippen molar-refractivity contribution in [2.75, 3.05) is 4.90 Å². The Balaban J connectivity index is 1.76. The molecule has 4 rings (SSSR count). The van der Waals surface area contributed by atoms with Gasteiger partial charge in [-0.2, -0.15) is 0 Å². The summed E-state index contributed by atoms with van der Waals surface area (Å²) in [6.45, 7) is 1.90. The third kappa shape index (κ3) is 1.41. The fraction of sp³-hybridized carbons (Fsp3) is 0.375. The minimum absolute atomic E-state index is 0.0585. The standard InChI is InChI=1S/C16H14ClNO2/c1-8-2-5-11(7-12(8)17)18-15(19)13-9-3-4-10(6-9)14(13)16(18)20/h2-5,7,9-10,13-14H,6H2,1H3/t9-,10-,13-,14+/m0/s1. The van der Waals surface area contributed by atoms with Crippen LogP contribution in [0.2, 0.25) is 5.02 Å². The number of imide groups is 1. The van der Waals surface area contributed by atoms with E-state index in [1.807, 2.05) is 13.0 Å². The van der Waals surface area contributed by atoms with Gasteiger partial charge in [-0.1, -0.05) is 29.8 Å². The van der Waals surface area contributed by atoms with E-state index in [0.29, 0.717) is 10.7 Å². The first-order chi connectivity index (χ1) is 9.58. The Morgan fingerprint density at radius 2 is 1.70 bits per heavy atom. The molecule has 102 valence electrons. The van der Waals surface area contributed by atoms with E-state index in [4.69, 9.17) is 11.6 Å². The molecule has 0 N–H and O–H groups in total. The molecular formula is C16H14ClNO2. The topological polar surface area (TPSA) is 37.4 Å². The van der Waals surface area contributed by atoms with Crippen molar-refractivity contribution in [3.05, 3.63) is 40.9 Å². The van der Waals surface area contributed by atoms with Crippen molar-refractivity contribution in [1.82, 2.24) is 0 Å². The van der Waals surface area contributed by atoms with Crippen LogP contribution in [0.3, 0.4) is 0 Å². The first kappa shape index (κ1) is 12.2. The lowest BCUT2D eigenvalue weighted by Crippen LogP contribution is -2.32. The van der Waals surface area contributed by atoms with Gasteiger partial charge >= 0.3 is 0 Å². The Morgan fingerprint density at radius 3 is 2.25 bits per heavy atom. The lowest BCUT2D eigenvalue weighted by atomic mass is 9.85. The number of anilines is 1. The molecular weight excluding hydrogens is 274 g/mol. The summed E-state index contributed by atoms with van der Waals surface area (Å²) in [5.74, 6) is 0.0587. The van der Waals surface area contributed by atoms with Crippen molar-refractivity contribution < 1.29 is 9.59 Å². The van der Waals surface area contributed by atoms with Crippen LogP contribution in [0.15, 0.2) is 30.4 Å². The van der Waals surface area contributed by atoms with E-state index in [1.54, 1.807) is 12.1 Å². The highest BCUT2D eigenvalue weighted by Crippen LogP contribution is 2.53. The highest BCUT2D eigenvalue weighted by atomic mass is 35.5. The molecule has 3 aliphatic rings. The number of rotatable bonds is 1. The number of hydrogen-bond acceptors (Lipinski definition) is 2. The molecule has 0 unspecified atom stereocenters. The van der Waals surface area contributed by atoms with Crippen molar-refractivity contribution in [1.29, 1.82) is 0 Å². The molecule has 3 nitrogen and oxygen atoms in total. The van der Waals surface area contributed by atoms with Gasteiger partial charge in [0.25, 0.3) is 0 Å². The molecule has 1 aliphatic heterocycles. The number of allylic oxidation sites excluding steroid dienone is 2. The first-order valence-corrected chi connectivity index (χ1v) is 7.28. The Kier molecular flexibility index (Phi) is 2.40. The van der Waals surface area contributed by atoms with E-state index in [0.717, 1.165) is 12.0 Å². The maximum atomic E-state index is 12.6. The Hall–Kier alpha value is -1.61. The molecule has 4 atom stereocenters. The summed E-state index contributed by atoms with van der Waals surface area (Å²) < 4.78 is 0. The van der Waals surface area contributed by atoms with Crippen LogP contribution in [0.25, 0.3) is 0 Å². The van der Waals surface area contributed by atoms with Crippen LogP contribution in [0, 0.1) is 30.6 Å². The van der Waals surface area contributed by atoms with Gasteiger partial charge in [0.05, 0.1) is 17.5 Å². The number of carbonyl (C=O) groups is 2. The zero-order valence-electron chi connectivity index (χ0n) is 11.0. The van der Waals surface area contributed by atoms with Crippen molar-refractivity contribution >= 4 is 29.1 Å². The van der Waals surface area contributed by atoms with Gasteiger partial charge in [0.1, 0.15) is 0 Å². The fourth-order valence-electron chi connectivity index (χ4n) is 3.88. The maximum Gasteiger partial charge on any atom is 0.238 e. The second-order valence-corrected chi connectivity index (χ2v) is 6.35. The largest absolute Gasteiger partial charge is 0.274 e. The highest BCUT2D eigenvalue weighted by Gasteiger charge is 2.59. The number of carbonyl (C=O) groups excluding carboxylic acids is 2. The van der Waals surface area contributed by atoms with Crippen LogP contribution in [-0.4, -0.2) is 11.8 Å². The van der Waals surface area contributed by atoms with E-state index in [1.165, 1.54) is 4.90 Å². The predicted molar refractivity (Wildman–Crippen MR) is 76.4 cm³/mol. The Labute approximate surface area is 122 Å². The van der Waals surface area contributed by atoms with Gasteiger partial charge < -0.3 is 0 Å². The molecule has 2 fully saturated rings. The normalized spacial score (nSPS) is 34.2. The lowest BCUT2D eigenvalue weighted by molar-refractivity contribution is -0.123. The van der Waals surface area contributed by atoms with E-state index >= 15 is 0 Å². The molecule has 0 radical (unpaired) electrons. The Morgan fingerprint density at radius 1 is 1.10 bits per heavy atom. The van der Waals surface area contributed by atoms with Crippen LogP contribution in [0.4, 0.5) is 5.69 Å². The number of aryl methyl sites for hydroxylation is 1. The number of hydrogen-bond donors (Lipinski definition) is 0. The summed E-state index contributed by atoms with van der Waals surface area (Å²) in [7, 11) is 0. The van der Waals surface area contributed by atoms with Crippen LogP contribution in [0.1, 0.15) is 12.0 Å². The number of benzene rings is 1. The minimum atomic E-state index is -0.155. The maximum absolute atomic E-state index is 12.6. The average Bonchev–Trinajstić information content (AvgIpc) is 3.08. The van der Waals surface area contributed by atoms with E-state index in [9.17, 15) is 9.59 Å². The number of nitrogens with zero attached hydrogens (tertiary/aromatic N) is 1. The summed E-state index contributed by atoms with van der Waals surface area (Å²) in [6.07, 6.45) is 5.15. The lowest BCUT2D eigenvalue weighted by Gasteiger charge is -2.17. The van der Waals surface area contributed by atoms with Crippen LogP contribution < -0.4 is 4.90 Å². The number of halogens is 1. The number of amides is 2. The molecule has 1 aromatic rings. The van der Waals surface area contributed by atoms with E-state index in [2.05, 4.69) is 12.2 Å². The van der Waals surface area contributed by atoms with Gasteiger partial charge in [0.2, 0.25) is 11.8 Å². The van der Waals surface area contributed by atoms with E-state index < -0.39 is 0 Å². The summed E-state index contributed by atoms with van der Waals surface area (Å²) in [5, 5.41) is 0.584.